The number of methoxy groups -OCH3 is 1. The summed E-state index contributed by atoms with van der Waals surface area (Å²) >= 11 is 0. The van der Waals surface area contributed by atoms with Gasteiger partial charge in [-0.05, 0) is 12.8 Å². The first-order valence-electron chi connectivity index (χ1n) is 4.93. The number of benzene rings is 1. The number of rotatable bonds is 5. The maximum Gasteiger partial charge on any atom is 0.303 e. The molecule has 0 aliphatic rings. The molecule has 0 bridgehead atoms. The maximum absolute atomic E-state index is 13.3. The van der Waals surface area contributed by atoms with Crippen molar-refractivity contribution in [2.24, 2.45) is 0 Å². The molecule has 0 aliphatic heterocycles. The van der Waals surface area contributed by atoms with Crippen LogP contribution in [0.5, 0.6) is 11.5 Å². The SMILES string of the molecule is COc1c(F)cc(F)c(O)c1CCCC(=O)O. The van der Waals surface area contributed by atoms with Crippen LogP contribution < -0.4 is 4.74 Å². The molecule has 94 valence electrons. The molecule has 0 aliphatic carbocycles. The maximum atomic E-state index is 13.3. The van der Waals surface area contributed by atoms with Gasteiger partial charge in [0, 0.05) is 18.1 Å². The smallest absolute Gasteiger partial charge is 0.303 e. The van der Waals surface area contributed by atoms with Crippen molar-refractivity contribution >= 4 is 5.97 Å². The second-order valence-corrected chi connectivity index (χ2v) is 3.45. The van der Waals surface area contributed by atoms with Gasteiger partial charge < -0.3 is 14.9 Å². The lowest BCUT2D eigenvalue weighted by Gasteiger charge is -2.11. The van der Waals surface area contributed by atoms with Gasteiger partial charge in [0.1, 0.15) is 0 Å². The molecule has 0 radical (unpaired) electrons. The number of halogens is 2. The lowest BCUT2D eigenvalue weighted by atomic mass is 10.0. The quantitative estimate of drug-likeness (QED) is 0.834. The van der Waals surface area contributed by atoms with Crippen molar-refractivity contribution in [2.75, 3.05) is 7.11 Å². The molecule has 0 saturated carbocycles. The Morgan fingerprint density at radius 2 is 2.06 bits per heavy atom. The largest absolute Gasteiger partial charge is 0.505 e. The minimum atomic E-state index is -1.09. The van der Waals surface area contributed by atoms with E-state index >= 15 is 0 Å². The van der Waals surface area contributed by atoms with Crippen LogP contribution >= 0.6 is 0 Å². The topological polar surface area (TPSA) is 66.8 Å². The Balaban J connectivity index is 2.99. The predicted octanol–water partition coefficient (Wildman–Crippen LogP) is 2.09. The zero-order chi connectivity index (χ0) is 13.0. The van der Waals surface area contributed by atoms with E-state index < -0.39 is 23.4 Å². The highest BCUT2D eigenvalue weighted by atomic mass is 19.1. The lowest BCUT2D eigenvalue weighted by molar-refractivity contribution is -0.137. The van der Waals surface area contributed by atoms with Gasteiger partial charge in [0.05, 0.1) is 7.11 Å². The highest BCUT2D eigenvalue weighted by Gasteiger charge is 2.18. The van der Waals surface area contributed by atoms with Gasteiger partial charge in [-0.2, -0.15) is 0 Å². The summed E-state index contributed by atoms with van der Waals surface area (Å²) in [5, 5.41) is 17.9. The summed E-state index contributed by atoms with van der Waals surface area (Å²) in [5.41, 5.74) is -0.0498. The first-order valence-corrected chi connectivity index (χ1v) is 4.93. The van der Waals surface area contributed by atoms with Crippen LogP contribution in [0.1, 0.15) is 18.4 Å². The van der Waals surface area contributed by atoms with Crippen molar-refractivity contribution in [3.05, 3.63) is 23.3 Å². The molecular weight excluding hydrogens is 234 g/mol. The van der Waals surface area contributed by atoms with Gasteiger partial charge in [-0.3, -0.25) is 4.79 Å². The fourth-order valence-electron chi connectivity index (χ4n) is 1.51. The number of phenolic OH excluding ortho intramolecular Hbond substituents is 1. The molecule has 0 saturated heterocycles. The number of carboxylic acids is 1. The van der Waals surface area contributed by atoms with Crippen molar-refractivity contribution in [1.82, 2.24) is 0 Å². The summed E-state index contributed by atoms with van der Waals surface area (Å²) in [6.45, 7) is 0. The van der Waals surface area contributed by atoms with E-state index in [0.29, 0.717) is 6.07 Å². The number of carboxylic acid groups (broad SMARTS) is 1. The molecule has 2 N–H and O–H groups in total. The minimum absolute atomic E-state index is 0.0238. The first-order chi connectivity index (χ1) is 7.97. The van der Waals surface area contributed by atoms with Crippen LogP contribution in [0.2, 0.25) is 0 Å². The van der Waals surface area contributed by atoms with Gasteiger partial charge in [0.2, 0.25) is 0 Å². The van der Waals surface area contributed by atoms with E-state index in [0.717, 1.165) is 0 Å². The van der Waals surface area contributed by atoms with Crippen LogP contribution in [-0.4, -0.2) is 23.3 Å². The Morgan fingerprint density at radius 3 is 2.59 bits per heavy atom. The second-order valence-electron chi connectivity index (χ2n) is 3.45. The lowest BCUT2D eigenvalue weighted by Crippen LogP contribution is -2.01. The predicted molar refractivity (Wildman–Crippen MR) is 55.1 cm³/mol. The van der Waals surface area contributed by atoms with Crippen LogP contribution in [0, 0.1) is 11.6 Å². The van der Waals surface area contributed by atoms with Crippen LogP contribution in [-0.2, 0) is 11.2 Å². The first kappa shape index (κ1) is 13.2. The van der Waals surface area contributed by atoms with Crippen LogP contribution in [0.25, 0.3) is 0 Å². The average molecular weight is 246 g/mol. The molecule has 0 spiro atoms. The third-order valence-electron chi connectivity index (χ3n) is 2.28. The van der Waals surface area contributed by atoms with Gasteiger partial charge in [-0.1, -0.05) is 0 Å². The van der Waals surface area contributed by atoms with E-state index in [1.54, 1.807) is 0 Å². The molecule has 0 fully saturated rings. The van der Waals surface area contributed by atoms with Crippen molar-refractivity contribution in [3.8, 4) is 11.5 Å². The molecule has 1 aromatic rings. The highest BCUT2D eigenvalue weighted by Crippen LogP contribution is 2.34. The van der Waals surface area contributed by atoms with Crippen LogP contribution in [0.4, 0.5) is 8.78 Å². The molecule has 0 amide bonds. The Hall–Kier alpha value is -1.85. The average Bonchev–Trinajstić information content (AvgIpc) is 2.24. The number of hydrogen-bond donors (Lipinski definition) is 2. The molecule has 0 atom stereocenters. The summed E-state index contributed by atoms with van der Waals surface area (Å²) < 4.78 is 31.1. The van der Waals surface area contributed by atoms with E-state index in [1.165, 1.54) is 7.11 Å². The van der Waals surface area contributed by atoms with Crippen molar-refractivity contribution in [1.29, 1.82) is 0 Å². The highest BCUT2D eigenvalue weighted by molar-refractivity contribution is 5.66. The molecule has 1 aromatic carbocycles. The van der Waals surface area contributed by atoms with Gasteiger partial charge >= 0.3 is 5.97 Å². The Morgan fingerprint density at radius 1 is 1.41 bits per heavy atom. The molecule has 0 aromatic heterocycles. The van der Waals surface area contributed by atoms with E-state index in [4.69, 9.17) is 9.84 Å². The van der Waals surface area contributed by atoms with Crippen LogP contribution in [0.3, 0.4) is 0 Å². The number of carbonyl (C=O) groups is 1. The monoisotopic (exact) mass is 246 g/mol. The Kier molecular flexibility index (Phi) is 4.25. The van der Waals surface area contributed by atoms with Gasteiger partial charge in [0.15, 0.2) is 23.1 Å². The van der Waals surface area contributed by atoms with E-state index in [1.807, 2.05) is 0 Å². The summed E-state index contributed by atoms with van der Waals surface area (Å²) in [5.74, 6) is -3.98. The summed E-state index contributed by atoms with van der Waals surface area (Å²) in [6.07, 6.45) is 0.0266. The van der Waals surface area contributed by atoms with Crippen molar-refractivity contribution in [3.63, 3.8) is 0 Å². The minimum Gasteiger partial charge on any atom is -0.505 e. The molecule has 0 unspecified atom stereocenters. The molecule has 0 heterocycles. The fraction of sp³-hybridized carbons (Fsp3) is 0.364. The van der Waals surface area contributed by atoms with Crippen LogP contribution in [0.15, 0.2) is 6.07 Å². The second kappa shape index (κ2) is 5.47. The zero-order valence-electron chi connectivity index (χ0n) is 9.17. The molecule has 6 heteroatoms. The molecule has 1 rings (SSSR count). The third-order valence-corrected chi connectivity index (χ3v) is 2.28. The third kappa shape index (κ3) is 3.05. The normalized spacial score (nSPS) is 10.3. The van der Waals surface area contributed by atoms with Gasteiger partial charge in [-0.25, -0.2) is 8.78 Å². The van der Waals surface area contributed by atoms with Gasteiger partial charge in [-0.15, -0.1) is 0 Å². The molecule has 4 nitrogen and oxygen atoms in total. The van der Waals surface area contributed by atoms with Crippen molar-refractivity contribution < 1.29 is 28.5 Å². The number of phenols is 1. The van der Waals surface area contributed by atoms with Crippen molar-refractivity contribution in [2.45, 2.75) is 19.3 Å². The number of hydrogen-bond acceptors (Lipinski definition) is 3. The standard InChI is InChI=1S/C11H12F2O4/c1-17-11-6(3-2-4-9(14)15)10(16)7(12)5-8(11)13/h5,16H,2-4H2,1H3,(H,14,15). The fourth-order valence-corrected chi connectivity index (χ4v) is 1.51. The summed E-state index contributed by atoms with van der Waals surface area (Å²) in [7, 11) is 1.19. The molecular formula is C11H12F2O4. The Bertz CT molecular complexity index is 432. The Labute approximate surface area is 96.5 Å². The van der Waals surface area contributed by atoms with E-state index in [2.05, 4.69) is 0 Å². The van der Waals surface area contributed by atoms with Gasteiger partial charge in [0.25, 0.3) is 0 Å². The number of ether oxygens (including phenoxy) is 1. The summed E-state index contributed by atoms with van der Waals surface area (Å²) in [4.78, 5) is 10.3. The summed E-state index contributed by atoms with van der Waals surface area (Å²) in [6, 6.07) is 0.523. The zero-order valence-corrected chi connectivity index (χ0v) is 9.17. The number of aromatic hydroxyl groups is 1. The van der Waals surface area contributed by atoms with E-state index in [9.17, 15) is 18.7 Å². The number of aliphatic carboxylic acids is 1. The van der Waals surface area contributed by atoms with E-state index in [-0.39, 0.29) is 30.6 Å². The molecule has 17 heavy (non-hydrogen) atoms.